The molecule has 0 spiro atoms. The quantitative estimate of drug-likeness (QED) is 0.262. The van der Waals surface area contributed by atoms with Crippen LogP contribution in [0.2, 0.25) is 0 Å². The minimum atomic E-state index is -4.56. The summed E-state index contributed by atoms with van der Waals surface area (Å²) < 4.78 is 53.5. The minimum absolute atomic E-state index is 0.0855. The lowest BCUT2D eigenvalue weighted by Gasteiger charge is -2.19. The van der Waals surface area contributed by atoms with Crippen LogP contribution in [0.4, 0.5) is 36.1 Å². The number of benzene rings is 2. The molecule has 4 nitrogen and oxygen atoms in total. The van der Waals surface area contributed by atoms with Gasteiger partial charge in [-0.25, -0.2) is 4.98 Å². The van der Waals surface area contributed by atoms with Gasteiger partial charge >= 0.3 is 6.18 Å². The van der Waals surface area contributed by atoms with Gasteiger partial charge in [0.05, 0.1) is 16.9 Å². The van der Waals surface area contributed by atoms with Crippen molar-refractivity contribution in [2.24, 2.45) is 0 Å². The second kappa shape index (κ2) is 9.82. The zero-order valence-corrected chi connectivity index (χ0v) is 20.8. The molecule has 0 atom stereocenters. The minimum Gasteiger partial charge on any atom is -0.354 e. The van der Waals surface area contributed by atoms with Crippen LogP contribution in [0, 0.1) is 6.92 Å². The van der Waals surface area contributed by atoms with Crippen LogP contribution in [0.15, 0.2) is 59.6 Å². The zero-order valence-electron chi connectivity index (χ0n) is 19.1. The Morgan fingerprint density at radius 2 is 1.67 bits per heavy atom. The van der Waals surface area contributed by atoms with Crippen molar-refractivity contribution in [2.45, 2.75) is 37.1 Å². The second-order valence-electron chi connectivity index (χ2n) is 8.38. The molecular formula is C24H27F3N3OPS. The molecule has 3 aromatic rings. The number of aryl methyl sites for hydroxylation is 1. The number of hydrogen-bond acceptors (Lipinski definition) is 5. The lowest BCUT2D eigenvalue weighted by atomic mass is 10.2. The Balaban J connectivity index is 1.98. The third-order valence-electron chi connectivity index (χ3n) is 4.82. The maximum absolute atomic E-state index is 13.7. The van der Waals surface area contributed by atoms with Gasteiger partial charge < -0.3 is 15.2 Å². The van der Waals surface area contributed by atoms with Gasteiger partial charge in [-0.3, -0.25) is 0 Å². The molecule has 2 N–H and O–H groups in total. The number of nitrogens with zero attached hydrogens (tertiary/aromatic N) is 1. The molecule has 176 valence electrons. The van der Waals surface area contributed by atoms with E-state index in [1.165, 1.54) is 6.07 Å². The SMILES string of the molecule is Cc1cc(P(C)(C)=O)ccc1Nc1cc(Nc2ccccc2SC(C)C)c(C(F)(F)F)cn1. The number of anilines is 4. The van der Waals surface area contributed by atoms with Gasteiger partial charge in [-0.1, -0.05) is 26.0 Å². The maximum atomic E-state index is 13.7. The first kappa shape index (κ1) is 25.2. The van der Waals surface area contributed by atoms with Crippen LogP contribution in [0.25, 0.3) is 0 Å². The molecule has 0 unspecified atom stereocenters. The molecule has 0 bridgehead atoms. The Hall–Kier alpha value is -2.44. The van der Waals surface area contributed by atoms with E-state index in [9.17, 15) is 17.7 Å². The summed E-state index contributed by atoms with van der Waals surface area (Å²) in [5.41, 5.74) is 1.17. The van der Waals surface area contributed by atoms with E-state index in [1.807, 2.05) is 39.0 Å². The lowest BCUT2D eigenvalue weighted by molar-refractivity contribution is -0.137. The highest BCUT2D eigenvalue weighted by atomic mass is 32.2. The van der Waals surface area contributed by atoms with E-state index < -0.39 is 18.9 Å². The number of aromatic nitrogens is 1. The first-order valence-electron chi connectivity index (χ1n) is 10.4. The van der Waals surface area contributed by atoms with Crippen molar-refractivity contribution in [3.63, 3.8) is 0 Å². The van der Waals surface area contributed by atoms with Gasteiger partial charge in [0, 0.05) is 33.4 Å². The number of rotatable bonds is 7. The van der Waals surface area contributed by atoms with Crippen molar-refractivity contribution in [2.75, 3.05) is 24.0 Å². The topological polar surface area (TPSA) is 54.0 Å². The zero-order chi connectivity index (χ0) is 24.4. The first-order valence-corrected chi connectivity index (χ1v) is 13.9. The third kappa shape index (κ3) is 6.55. The average molecular weight is 494 g/mol. The summed E-state index contributed by atoms with van der Waals surface area (Å²) in [7, 11) is -2.41. The molecule has 0 fully saturated rings. The van der Waals surface area contributed by atoms with Crippen LogP contribution >= 0.6 is 18.9 Å². The monoisotopic (exact) mass is 493 g/mol. The molecule has 0 aliphatic heterocycles. The average Bonchev–Trinajstić information content (AvgIpc) is 2.69. The largest absolute Gasteiger partial charge is 0.419 e. The summed E-state index contributed by atoms with van der Waals surface area (Å²) in [6.07, 6.45) is -3.73. The molecule has 0 radical (unpaired) electrons. The van der Waals surface area contributed by atoms with E-state index in [0.29, 0.717) is 11.4 Å². The number of halogens is 3. The predicted octanol–water partition coefficient (Wildman–Crippen LogP) is 7.64. The van der Waals surface area contributed by atoms with Crippen LogP contribution in [0.1, 0.15) is 25.0 Å². The molecule has 0 saturated heterocycles. The molecule has 0 aliphatic carbocycles. The Bertz CT molecular complexity index is 1190. The normalized spacial score (nSPS) is 12.2. The van der Waals surface area contributed by atoms with Crippen LogP contribution in [0.3, 0.4) is 0 Å². The van der Waals surface area contributed by atoms with Crippen LogP contribution < -0.4 is 15.9 Å². The van der Waals surface area contributed by atoms with Crippen molar-refractivity contribution >= 4 is 47.1 Å². The highest BCUT2D eigenvalue weighted by molar-refractivity contribution is 8.00. The summed E-state index contributed by atoms with van der Waals surface area (Å²) in [6, 6.07) is 14.0. The number of hydrogen-bond donors (Lipinski definition) is 2. The molecule has 0 saturated carbocycles. The van der Waals surface area contributed by atoms with Gasteiger partial charge in [-0.05, 0) is 56.1 Å². The number of thioether (sulfide) groups is 1. The first-order chi connectivity index (χ1) is 15.3. The van der Waals surface area contributed by atoms with E-state index in [0.717, 1.165) is 22.0 Å². The van der Waals surface area contributed by atoms with Crippen molar-refractivity contribution < 1.29 is 17.7 Å². The van der Waals surface area contributed by atoms with Crippen molar-refractivity contribution in [1.29, 1.82) is 0 Å². The molecular weight excluding hydrogens is 466 g/mol. The lowest BCUT2D eigenvalue weighted by Crippen LogP contribution is -2.11. The molecule has 2 aromatic carbocycles. The molecule has 0 amide bonds. The van der Waals surface area contributed by atoms with Gasteiger partial charge in [0.2, 0.25) is 0 Å². The molecule has 1 aromatic heterocycles. The van der Waals surface area contributed by atoms with Gasteiger partial charge in [0.25, 0.3) is 0 Å². The second-order valence-corrected chi connectivity index (χ2v) is 13.2. The van der Waals surface area contributed by atoms with Gasteiger partial charge in [-0.2, -0.15) is 13.2 Å². The van der Waals surface area contributed by atoms with Gasteiger partial charge in [0.15, 0.2) is 0 Å². The maximum Gasteiger partial charge on any atom is 0.419 e. The Morgan fingerprint density at radius 1 is 0.970 bits per heavy atom. The fourth-order valence-corrected chi connectivity index (χ4v) is 5.03. The van der Waals surface area contributed by atoms with Crippen LogP contribution in [0.5, 0.6) is 0 Å². The fourth-order valence-electron chi connectivity index (χ4n) is 3.19. The van der Waals surface area contributed by atoms with Crippen LogP contribution in [-0.2, 0) is 10.7 Å². The molecule has 3 rings (SSSR count). The standard InChI is InChI=1S/C24H27F3N3OPS/c1-15(2)33-22-9-7-6-8-20(22)29-21-13-23(28-14-18(21)24(25,26)27)30-19-11-10-17(12-16(19)3)32(4,5)31/h6-15H,1-5H3,(H2,28,29,30). The van der Waals surface area contributed by atoms with E-state index in [1.54, 1.807) is 49.4 Å². The number of alkyl halides is 3. The molecule has 1 heterocycles. The van der Waals surface area contributed by atoms with Crippen LogP contribution in [-0.4, -0.2) is 23.6 Å². The van der Waals surface area contributed by atoms with Crippen molar-refractivity contribution in [3.05, 3.63) is 65.9 Å². The van der Waals surface area contributed by atoms with E-state index >= 15 is 0 Å². The predicted molar refractivity (Wildman–Crippen MR) is 134 cm³/mol. The van der Waals surface area contributed by atoms with Gasteiger partial charge in [0.1, 0.15) is 13.0 Å². The number of nitrogens with one attached hydrogen (secondary N) is 2. The Morgan fingerprint density at radius 3 is 2.27 bits per heavy atom. The van der Waals surface area contributed by atoms with Crippen molar-refractivity contribution in [3.8, 4) is 0 Å². The fraction of sp³-hybridized carbons (Fsp3) is 0.292. The Labute approximate surface area is 196 Å². The summed E-state index contributed by atoms with van der Waals surface area (Å²) in [6.45, 7) is 9.30. The number of pyridine rings is 1. The van der Waals surface area contributed by atoms with Gasteiger partial charge in [-0.15, -0.1) is 11.8 Å². The summed E-state index contributed by atoms with van der Waals surface area (Å²) >= 11 is 1.57. The molecule has 33 heavy (non-hydrogen) atoms. The smallest absolute Gasteiger partial charge is 0.354 e. The Kier molecular flexibility index (Phi) is 7.49. The molecule has 9 heteroatoms. The summed E-state index contributed by atoms with van der Waals surface area (Å²) in [5.74, 6) is 0.270. The molecule has 0 aliphatic rings. The van der Waals surface area contributed by atoms with E-state index in [2.05, 4.69) is 15.6 Å². The summed E-state index contributed by atoms with van der Waals surface area (Å²) in [5, 5.41) is 7.07. The van der Waals surface area contributed by atoms with Crippen molar-refractivity contribution in [1.82, 2.24) is 4.98 Å². The van der Waals surface area contributed by atoms with E-state index in [4.69, 9.17) is 0 Å². The third-order valence-corrected chi connectivity index (χ3v) is 7.43. The highest BCUT2D eigenvalue weighted by Crippen LogP contribution is 2.40. The summed E-state index contributed by atoms with van der Waals surface area (Å²) in [4.78, 5) is 4.86. The van der Waals surface area contributed by atoms with E-state index in [-0.39, 0.29) is 16.8 Å². The number of para-hydroxylation sites is 1. The highest BCUT2D eigenvalue weighted by Gasteiger charge is 2.34.